The standard InChI is InChI=1S/C24H26N2O2/c27-24-15-21(22-13-19-7-4-8-20(19)14-23(22)28-24)17-26-11-9-25(10-12-26)16-18-5-2-1-3-6-18/h1-3,5-6,13-15H,4,7-12,16-17H2/p+2. The molecule has 2 heterocycles. The van der Waals surface area contributed by atoms with Gasteiger partial charge in [-0.2, -0.15) is 0 Å². The van der Waals surface area contributed by atoms with Crippen molar-refractivity contribution in [2.45, 2.75) is 32.4 Å². The maximum Gasteiger partial charge on any atom is 0.336 e. The van der Waals surface area contributed by atoms with Crippen molar-refractivity contribution in [3.05, 3.63) is 81.2 Å². The Morgan fingerprint density at radius 3 is 2.25 bits per heavy atom. The van der Waals surface area contributed by atoms with Crippen LogP contribution in [0.2, 0.25) is 0 Å². The van der Waals surface area contributed by atoms with Gasteiger partial charge in [0, 0.05) is 22.6 Å². The third-order valence-corrected chi connectivity index (χ3v) is 6.44. The first-order chi connectivity index (χ1) is 13.7. The summed E-state index contributed by atoms with van der Waals surface area (Å²) in [5.41, 5.74) is 5.93. The molecule has 0 saturated carbocycles. The zero-order valence-corrected chi connectivity index (χ0v) is 16.3. The van der Waals surface area contributed by atoms with Crippen molar-refractivity contribution in [3.63, 3.8) is 0 Å². The SMILES string of the molecule is O=c1cc(C[NH+]2CC[NH+](Cc3ccccc3)CC2)c2cc3c(cc2o1)CCC3. The van der Waals surface area contributed by atoms with Crippen molar-refractivity contribution in [1.29, 1.82) is 0 Å². The Labute approximate surface area is 165 Å². The van der Waals surface area contributed by atoms with Crippen LogP contribution in [0.4, 0.5) is 0 Å². The van der Waals surface area contributed by atoms with Crippen LogP contribution < -0.4 is 15.4 Å². The van der Waals surface area contributed by atoms with Gasteiger partial charge in [0.15, 0.2) is 0 Å². The molecular weight excluding hydrogens is 348 g/mol. The van der Waals surface area contributed by atoms with Crippen molar-refractivity contribution in [1.82, 2.24) is 0 Å². The summed E-state index contributed by atoms with van der Waals surface area (Å²) in [4.78, 5) is 15.4. The molecule has 3 aromatic rings. The summed E-state index contributed by atoms with van der Waals surface area (Å²) >= 11 is 0. The summed E-state index contributed by atoms with van der Waals surface area (Å²) in [6.45, 7) is 6.68. The Bertz CT molecular complexity index is 1030. The first-order valence-corrected chi connectivity index (χ1v) is 10.5. The lowest BCUT2D eigenvalue weighted by Gasteiger charge is -2.30. The minimum atomic E-state index is -0.215. The van der Waals surface area contributed by atoms with E-state index < -0.39 is 0 Å². The highest BCUT2D eigenvalue weighted by Gasteiger charge is 2.24. The summed E-state index contributed by atoms with van der Waals surface area (Å²) in [5, 5.41) is 1.15. The number of aryl methyl sites for hydroxylation is 2. The Morgan fingerprint density at radius 1 is 0.821 bits per heavy atom. The molecule has 2 aromatic carbocycles. The molecule has 0 bridgehead atoms. The number of benzene rings is 2. The molecule has 1 fully saturated rings. The third kappa shape index (κ3) is 3.62. The van der Waals surface area contributed by atoms with E-state index in [0.29, 0.717) is 0 Å². The van der Waals surface area contributed by atoms with Crippen LogP contribution in [0.5, 0.6) is 0 Å². The van der Waals surface area contributed by atoms with Crippen molar-refractivity contribution < 1.29 is 14.2 Å². The van der Waals surface area contributed by atoms with Crippen LogP contribution in [0.3, 0.4) is 0 Å². The van der Waals surface area contributed by atoms with Crippen LogP contribution in [0.1, 0.15) is 28.7 Å². The Balaban J connectivity index is 1.30. The number of rotatable bonds is 4. The number of fused-ring (bicyclic) bond motifs is 2. The monoisotopic (exact) mass is 376 g/mol. The van der Waals surface area contributed by atoms with Gasteiger partial charge < -0.3 is 14.2 Å². The first kappa shape index (κ1) is 17.7. The van der Waals surface area contributed by atoms with Gasteiger partial charge in [0.05, 0.1) is 0 Å². The largest absolute Gasteiger partial charge is 0.423 e. The normalized spacial score (nSPS) is 21.7. The fourth-order valence-electron chi connectivity index (χ4n) is 4.91. The van der Waals surface area contributed by atoms with Crippen molar-refractivity contribution in [2.75, 3.05) is 26.2 Å². The number of nitrogens with one attached hydrogen (secondary N) is 2. The van der Waals surface area contributed by atoms with Gasteiger partial charge in [0.25, 0.3) is 0 Å². The smallest absolute Gasteiger partial charge is 0.336 e. The molecule has 2 N–H and O–H groups in total. The van der Waals surface area contributed by atoms with E-state index in [9.17, 15) is 4.79 Å². The summed E-state index contributed by atoms with van der Waals surface area (Å²) in [6.07, 6.45) is 3.47. The van der Waals surface area contributed by atoms with Gasteiger partial charge >= 0.3 is 5.63 Å². The number of hydrogen-bond donors (Lipinski definition) is 2. The molecule has 1 saturated heterocycles. The zero-order chi connectivity index (χ0) is 18.9. The quantitative estimate of drug-likeness (QED) is 0.660. The van der Waals surface area contributed by atoms with Crippen LogP contribution in [0.25, 0.3) is 11.0 Å². The van der Waals surface area contributed by atoms with Crippen molar-refractivity contribution in [2.24, 2.45) is 0 Å². The highest BCUT2D eigenvalue weighted by atomic mass is 16.4. The molecule has 0 atom stereocenters. The van der Waals surface area contributed by atoms with Gasteiger partial charge in [0.1, 0.15) is 44.9 Å². The lowest BCUT2D eigenvalue weighted by Crippen LogP contribution is -3.27. The second-order valence-electron chi connectivity index (χ2n) is 8.40. The average molecular weight is 377 g/mol. The Kier molecular flexibility index (Phi) is 4.75. The molecule has 0 spiro atoms. The maximum atomic E-state index is 12.1. The topological polar surface area (TPSA) is 39.1 Å². The fraction of sp³-hybridized carbons (Fsp3) is 0.375. The van der Waals surface area contributed by atoms with Crippen molar-refractivity contribution >= 4 is 11.0 Å². The minimum Gasteiger partial charge on any atom is -0.423 e. The molecule has 2 aliphatic rings. The number of piperazine rings is 1. The zero-order valence-electron chi connectivity index (χ0n) is 16.3. The summed E-state index contributed by atoms with van der Waals surface area (Å²) in [6, 6.07) is 16.9. The van der Waals surface area contributed by atoms with E-state index in [4.69, 9.17) is 4.42 Å². The molecular formula is C24H28N2O2+2. The number of hydrogen-bond acceptors (Lipinski definition) is 2. The molecule has 28 heavy (non-hydrogen) atoms. The highest BCUT2D eigenvalue weighted by molar-refractivity contribution is 5.82. The summed E-state index contributed by atoms with van der Waals surface area (Å²) in [7, 11) is 0. The first-order valence-electron chi connectivity index (χ1n) is 10.5. The van der Waals surface area contributed by atoms with Crippen LogP contribution in [-0.2, 0) is 25.9 Å². The molecule has 0 amide bonds. The van der Waals surface area contributed by atoms with E-state index >= 15 is 0 Å². The second kappa shape index (κ2) is 7.53. The lowest BCUT2D eigenvalue weighted by atomic mass is 10.0. The molecule has 0 unspecified atom stereocenters. The van der Waals surface area contributed by atoms with Crippen LogP contribution in [0, 0.1) is 0 Å². The van der Waals surface area contributed by atoms with Crippen LogP contribution >= 0.6 is 0 Å². The number of quaternary nitrogens is 2. The maximum absolute atomic E-state index is 12.1. The van der Waals surface area contributed by atoms with Crippen LogP contribution in [0.15, 0.2) is 57.7 Å². The molecule has 4 heteroatoms. The van der Waals surface area contributed by atoms with E-state index in [1.54, 1.807) is 15.9 Å². The molecule has 1 aromatic heterocycles. The molecule has 144 valence electrons. The van der Waals surface area contributed by atoms with Gasteiger partial charge in [-0.15, -0.1) is 0 Å². The molecule has 1 aliphatic carbocycles. The molecule has 4 nitrogen and oxygen atoms in total. The molecule has 0 radical (unpaired) electrons. The van der Waals surface area contributed by atoms with E-state index in [-0.39, 0.29) is 5.63 Å². The molecule has 5 rings (SSSR count). The lowest BCUT2D eigenvalue weighted by molar-refractivity contribution is -1.02. The van der Waals surface area contributed by atoms with E-state index in [1.807, 2.05) is 0 Å². The highest BCUT2D eigenvalue weighted by Crippen LogP contribution is 2.28. The predicted octanol–water partition coefficient (Wildman–Crippen LogP) is 0.765. The predicted molar refractivity (Wildman–Crippen MR) is 110 cm³/mol. The fourth-order valence-corrected chi connectivity index (χ4v) is 4.91. The second-order valence-corrected chi connectivity index (χ2v) is 8.40. The Hall–Kier alpha value is -2.43. The van der Waals surface area contributed by atoms with Crippen molar-refractivity contribution in [3.8, 4) is 0 Å². The van der Waals surface area contributed by atoms with E-state index in [1.165, 1.54) is 36.2 Å². The Morgan fingerprint density at radius 2 is 1.50 bits per heavy atom. The van der Waals surface area contributed by atoms with Gasteiger partial charge in [-0.05, 0) is 42.5 Å². The van der Waals surface area contributed by atoms with Gasteiger partial charge in [-0.3, -0.25) is 0 Å². The summed E-state index contributed by atoms with van der Waals surface area (Å²) in [5.74, 6) is 0. The van der Waals surface area contributed by atoms with Gasteiger partial charge in [-0.1, -0.05) is 30.3 Å². The van der Waals surface area contributed by atoms with E-state index in [0.717, 1.165) is 55.6 Å². The third-order valence-electron chi connectivity index (χ3n) is 6.44. The van der Waals surface area contributed by atoms with Gasteiger partial charge in [0.2, 0.25) is 0 Å². The van der Waals surface area contributed by atoms with Crippen LogP contribution in [-0.4, -0.2) is 26.2 Å². The van der Waals surface area contributed by atoms with Gasteiger partial charge in [-0.25, -0.2) is 4.79 Å². The van der Waals surface area contributed by atoms with E-state index in [2.05, 4.69) is 42.5 Å². The summed E-state index contributed by atoms with van der Waals surface area (Å²) < 4.78 is 5.53. The molecule has 1 aliphatic heterocycles. The minimum absolute atomic E-state index is 0.215. The average Bonchev–Trinajstić information content (AvgIpc) is 3.16.